The summed E-state index contributed by atoms with van der Waals surface area (Å²) in [5.74, 6) is 5.82. The van der Waals surface area contributed by atoms with Gasteiger partial charge in [0.05, 0.1) is 18.2 Å². The SMILES string of the molecule is NNC(c1cc(F)ccc1Br)C1CCOC2(CCOC2)C1. The van der Waals surface area contributed by atoms with Crippen molar-refractivity contribution in [2.45, 2.75) is 30.9 Å². The lowest BCUT2D eigenvalue weighted by Crippen LogP contribution is -2.45. The Labute approximate surface area is 132 Å². The highest BCUT2D eigenvalue weighted by molar-refractivity contribution is 9.10. The fourth-order valence-corrected chi connectivity index (χ4v) is 3.94. The summed E-state index contributed by atoms with van der Waals surface area (Å²) in [5, 5.41) is 0. The maximum Gasteiger partial charge on any atom is 0.123 e. The molecule has 3 atom stereocenters. The minimum absolute atomic E-state index is 0.101. The number of nitrogens with two attached hydrogens (primary N) is 1. The van der Waals surface area contributed by atoms with Crippen LogP contribution in [-0.2, 0) is 9.47 Å². The van der Waals surface area contributed by atoms with Gasteiger partial charge < -0.3 is 9.47 Å². The summed E-state index contributed by atoms with van der Waals surface area (Å²) in [7, 11) is 0. The summed E-state index contributed by atoms with van der Waals surface area (Å²) in [4.78, 5) is 0. The van der Waals surface area contributed by atoms with E-state index in [1.54, 1.807) is 12.1 Å². The molecule has 1 aromatic carbocycles. The molecule has 4 nitrogen and oxygen atoms in total. The first-order valence-corrected chi connectivity index (χ1v) is 8.06. The van der Waals surface area contributed by atoms with Gasteiger partial charge in [-0.15, -0.1) is 0 Å². The maximum atomic E-state index is 13.6. The zero-order valence-electron chi connectivity index (χ0n) is 11.8. The van der Waals surface area contributed by atoms with E-state index in [2.05, 4.69) is 21.4 Å². The highest BCUT2D eigenvalue weighted by atomic mass is 79.9. The lowest BCUT2D eigenvalue weighted by Gasteiger charge is -2.40. The number of hydrazine groups is 1. The molecule has 0 amide bonds. The first-order chi connectivity index (χ1) is 10.1. The Balaban J connectivity index is 1.84. The zero-order valence-corrected chi connectivity index (χ0v) is 13.4. The van der Waals surface area contributed by atoms with Crippen molar-refractivity contribution in [3.05, 3.63) is 34.1 Å². The summed E-state index contributed by atoms with van der Waals surface area (Å²) in [5.41, 5.74) is 3.55. The summed E-state index contributed by atoms with van der Waals surface area (Å²) in [6, 6.07) is 4.61. The number of hydrogen-bond acceptors (Lipinski definition) is 4. The van der Waals surface area contributed by atoms with Crippen LogP contribution < -0.4 is 11.3 Å². The lowest BCUT2D eigenvalue weighted by atomic mass is 9.79. The van der Waals surface area contributed by atoms with Crippen molar-refractivity contribution in [2.24, 2.45) is 11.8 Å². The molecule has 2 saturated heterocycles. The minimum Gasteiger partial charge on any atom is -0.378 e. The van der Waals surface area contributed by atoms with Gasteiger partial charge in [0.25, 0.3) is 0 Å². The quantitative estimate of drug-likeness (QED) is 0.644. The third kappa shape index (κ3) is 3.14. The fraction of sp³-hybridized carbons (Fsp3) is 0.600. The van der Waals surface area contributed by atoms with E-state index in [-0.39, 0.29) is 17.5 Å². The summed E-state index contributed by atoms with van der Waals surface area (Å²) in [6.07, 6.45) is 2.70. The van der Waals surface area contributed by atoms with E-state index in [0.717, 1.165) is 35.9 Å². The molecule has 1 spiro atoms. The predicted molar refractivity (Wildman–Crippen MR) is 81.0 cm³/mol. The first kappa shape index (κ1) is 15.4. The lowest BCUT2D eigenvalue weighted by molar-refractivity contribution is -0.103. The van der Waals surface area contributed by atoms with E-state index in [9.17, 15) is 4.39 Å². The van der Waals surface area contributed by atoms with Crippen molar-refractivity contribution in [1.82, 2.24) is 5.43 Å². The van der Waals surface area contributed by atoms with Gasteiger partial charge >= 0.3 is 0 Å². The molecular weight excluding hydrogens is 339 g/mol. The molecule has 6 heteroatoms. The zero-order chi connectivity index (χ0) is 14.9. The van der Waals surface area contributed by atoms with Gasteiger partial charge in [0.2, 0.25) is 0 Å². The van der Waals surface area contributed by atoms with E-state index < -0.39 is 0 Å². The Morgan fingerprint density at radius 1 is 1.43 bits per heavy atom. The monoisotopic (exact) mass is 358 g/mol. The van der Waals surface area contributed by atoms with Crippen LogP contribution in [0.5, 0.6) is 0 Å². The van der Waals surface area contributed by atoms with Gasteiger partial charge in [-0.1, -0.05) is 15.9 Å². The van der Waals surface area contributed by atoms with Gasteiger partial charge in [-0.3, -0.25) is 11.3 Å². The van der Waals surface area contributed by atoms with Crippen LogP contribution in [0, 0.1) is 11.7 Å². The number of hydrogen-bond donors (Lipinski definition) is 2. The Bertz CT molecular complexity index is 508. The highest BCUT2D eigenvalue weighted by Crippen LogP contribution is 2.42. The van der Waals surface area contributed by atoms with Crippen LogP contribution in [0.3, 0.4) is 0 Å². The molecule has 2 fully saturated rings. The second kappa shape index (κ2) is 6.30. The van der Waals surface area contributed by atoms with Crippen molar-refractivity contribution in [3.63, 3.8) is 0 Å². The van der Waals surface area contributed by atoms with Crippen LogP contribution >= 0.6 is 15.9 Å². The van der Waals surface area contributed by atoms with Crippen LogP contribution in [0.4, 0.5) is 4.39 Å². The molecule has 2 aliphatic heterocycles. The summed E-state index contributed by atoms with van der Waals surface area (Å²) < 4.78 is 25.9. The molecule has 0 aliphatic carbocycles. The van der Waals surface area contributed by atoms with Crippen LogP contribution in [-0.4, -0.2) is 25.4 Å². The third-order valence-electron chi connectivity index (χ3n) is 4.54. The number of rotatable bonds is 3. The van der Waals surface area contributed by atoms with Gasteiger partial charge in [0.15, 0.2) is 0 Å². The molecule has 0 saturated carbocycles. The number of halogens is 2. The maximum absolute atomic E-state index is 13.6. The van der Waals surface area contributed by atoms with Crippen molar-refractivity contribution in [2.75, 3.05) is 19.8 Å². The molecule has 0 bridgehead atoms. The van der Waals surface area contributed by atoms with E-state index in [1.165, 1.54) is 6.07 Å². The predicted octanol–water partition coefficient (Wildman–Crippen LogP) is 2.68. The molecule has 116 valence electrons. The fourth-order valence-electron chi connectivity index (χ4n) is 3.45. The van der Waals surface area contributed by atoms with Gasteiger partial charge in [0.1, 0.15) is 5.82 Å². The highest BCUT2D eigenvalue weighted by Gasteiger charge is 2.43. The van der Waals surface area contributed by atoms with E-state index in [0.29, 0.717) is 19.1 Å². The summed E-state index contributed by atoms with van der Waals surface area (Å²) in [6.45, 7) is 2.08. The summed E-state index contributed by atoms with van der Waals surface area (Å²) >= 11 is 3.50. The Morgan fingerprint density at radius 2 is 2.29 bits per heavy atom. The van der Waals surface area contributed by atoms with E-state index in [1.807, 2.05) is 0 Å². The number of benzene rings is 1. The third-order valence-corrected chi connectivity index (χ3v) is 5.26. The molecule has 1 aromatic rings. The van der Waals surface area contributed by atoms with Crippen LogP contribution in [0.25, 0.3) is 0 Å². The molecule has 3 N–H and O–H groups in total. The minimum atomic E-state index is -0.251. The van der Waals surface area contributed by atoms with Gasteiger partial charge in [-0.05, 0) is 42.5 Å². The van der Waals surface area contributed by atoms with Crippen LogP contribution in [0.15, 0.2) is 22.7 Å². The Hall–Kier alpha value is -0.530. The van der Waals surface area contributed by atoms with Crippen molar-refractivity contribution < 1.29 is 13.9 Å². The molecule has 3 rings (SSSR count). The largest absolute Gasteiger partial charge is 0.378 e. The van der Waals surface area contributed by atoms with Gasteiger partial charge in [-0.25, -0.2) is 4.39 Å². The molecular formula is C15H20BrFN2O2. The molecule has 0 aromatic heterocycles. The molecule has 2 heterocycles. The topological polar surface area (TPSA) is 56.5 Å². The van der Waals surface area contributed by atoms with E-state index in [4.69, 9.17) is 15.3 Å². The molecule has 21 heavy (non-hydrogen) atoms. The van der Waals surface area contributed by atoms with E-state index >= 15 is 0 Å². The molecule has 3 unspecified atom stereocenters. The molecule has 2 aliphatic rings. The number of ether oxygens (including phenoxy) is 2. The normalized spacial score (nSPS) is 30.7. The molecule has 0 radical (unpaired) electrons. The standard InChI is InChI=1S/C15H20BrFN2O2/c16-13-2-1-11(17)7-12(13)14(19-18)10-3-5-21-15(8-10)4-6-20-9-15/h1-2,7,10,14,19H,3-6,8-9,18H2. The van der Waals surface area contributed by atoms with Crippen LogP contribution in [0.2, 0.25) is 0 Å². The second-order valence-electron chi connectivity index (χ2n) is 5.90. The average Bonchev–Trinajstić information content (AvgIpc) is 2.91. The smallest absolute Gasteiger partial charge is 0.123 e. The Morgan fingerprint density at radius 3 is 3.00 bits per heavy atom. The van der Waals surface area contributed by atoms with Gasteiger partial charge in [0, 0.05) is 24.1 Å². The van der Waals surface area contributed by atoms with Crippen molar-refractivity contribution in [3.8, 4) is 0 Å². The van der Waals surface area contributed by atoms with Crippen molar-refractivity contribution >= 4 is 15.9 Å². The Kier molecular flexibility index (Phi) is 4.61. The average molecular weight is 359 g/mol. The number of nitrogens with one attached hydrogen (secondary N) is 1. The van der Waals surface area contributed by atoms with Gasteiger partial charge in [-0.2, -0.15) is 0 Å². The first-order valence-electron chi connectivity index (χ1n) is 7.26. The second-order valence-corrected chi connectivity index (χ2v) is 6.75. The van der Waals surface area contributed by atoms with Crippen LogP contribution in [0.1, 0.15) is 30.9 Å². The van der Waals surface area contributed by atoms with Crippen molar-refractivity contribution in [1.29, 1.82) is 0 Å².